The van der Waals surface area contributed by atoms with Gasteiger partial charge in [0, 0.05) is 6.54 Å². The maximum Gasteiger partial charge on any atom is 0.328 e. The normalized spacial score (nSPS) is 11.5. The first-order chi connectivity index (χ1) is 9.61. The van der Waals surface area contributed by atoms with Crippen molar-refractivity contribution in [1.82, 2.24) is 14.5 Å². The summed E-state index contributed by atoms with van der Waals surface area (Å²) in [5.41, 5.74) is 0.459. The molecule has 0 bridgehead atoms. The Labute approximate surface area is 122 Å². The predicted octanol–water partition coefficient (Wildman–Crippen LogP) is 2.75. The molecule has 0 unspecified atom stereocenters. The molecule has 20 heavy (non-hydrogen) atoms. The van der Waals surface area contributed by atoms with Gasteiger partial charge in [0.25, 0.3) is 5.56 Å². The number of fused-ring (bicyclic) bond motifs is 3. The predicted molar refractivity (Wildman–Crippen MR) is 81.9 cm³/mol. The molecule has 7 heteroatoms. The molecular formula is C13H12ClN3O2S. The summed E-state index contributed by atoms with van der Waals surface area (Å²) in [6.07, 6.45) is 1.82. The Balaban J connectivity index is 2.47. The van der Waals surface area contributed by atoms with Crippen molar-refractivity contribution in [2.24, 2.45) is 0 Å². The Morgan fingerprint density at radius 3 is 2.95 bits per heavy atom. The van der Waals surface area contributed by atoms with E-state index in [1.54, 1.807) is 10.6 Å². The smallest absolute Gasteiger partial charge is 0.290 e. The van der Waals surface area contributed by atoms with Gasteiger partial charge in [-0.15, -0.1) is 11.3 Å². The van der Waals surface area contributed by atoms with Crippen LogP contribution in [0.15, 0.2) is 21.7 Å². The summed E-state index contributed by atoms with van der Waals surface area (Å²) in [6.45, 7) is 2.61. The van der Waals surface area contributed by atoms with Crippen molar-refractivity contribution < 1.29 is 0 Å². The molecule has 0 saturated carbocycles. The third-order valence-electron chi connectivity index (χ3n) is 3.15. The molecule has 3 aromatic rings. The molecule has 0 saturated heterocycles. The Kier molecular flexibility index (Phi) is 3.35. The zero-order valence-corrected chi connectivity index (χ0v) is 12.3. The van der Waals surface area contributed by atoms with Crippen LogP contribution in [0.1, 0.15) is 19.8 Å². The number of aromatic nitrogens is 3. The second-order valence-corrected chi connectivity index (χ2v) is 5.96. The number of nitrogens with one attached hydrogen (secondary N) is 1. The molecule has 1 N–H and O–H groups in total. The van der Waals surface area contributed by atoms with E-state index < -0.39 is 5.69 Å². The fourth-order valence-corrected chi connectivity index (χ4v) is 3.39. The fraction of sp³-hybridized carbons (Fsp3) is 0.308. The summed E-state index contributed by atoms with van der Waals surface area (Å²) >= 11 is 7.26. The minimum Gasteiger partial charge on any atom is -0.290 e. The molecule has 0 atom stereocenters. The minimum absolute atomic E-state index is 0.354. The van der Waals surface area contributed by atoms with E-state index in [9.17, 15) is 9.59 Å². The first-order valence-electron chi connectivity index (χ1n) is 6.33. The third kappa shape index (κ3) is 2.05. The monoisotopic (exact) mass is 309 g/mol. The van der Waals surface area contributed by atoms with Crippen molar-refractivity contribution in [2.45, 2.75) is 26.3 Å². The Morgan fingerprint density at radius 1 is 1.40 bits per heavy atom. The van der Waals surface area contributed by atoms with Crippen LogP contribution in [-0.2, 0) is 6.54 Å². The van der Waals surface area contributed by atoms with Crippen molar-refractivity contribution in [3.8, 4) is 0 Å². The van der Waals surface area contributed by atoms with Crippen LogP contribution >= 0.6 is 22.9 Å². The number of hydrogen-bond donors (Lipinski definition) is 1. The van der Waals surface area contributed by atoms with Crippen molar-refractivity contribution in [2.75, 3.05) is 0 Å². The standard InChI is InChI=1S/C13H12ClN3O2S/c1-2-3-6-17-10-9-7(4-5-8(14)15-9)20-11(10)12(18)16-13(17)19/h4-5H,2-3,6H2,1H3,(H,16,18,19). The SMILES string of the molecule is CCCCn1c(=O)[nH]c(=O)c2sc3ccc(Cl)nc3c21. The summed E-state index contributed by atoms with van der Waals surface area (Å²) in [4.78, 5) is 30.6. The lowest BCUT2D eigenvalue weighted by Gasteiger charge is -2.06. The van der Waals surface area contributed by atoms with Crippen LogP contribution in [0.5, 0.6) is 0 Å². The molecule has 104 valence electrons. The average Bonchev–Trinajstić information content (AvgIpc) is 2.78. The van der Waals surface area contributed by atoms with E-state index >= 15 is 0 Å². The van der Waals surface area contributed by atoms with Crippen molar-refractivity contribution in [3.63, 3.8) is 0 Å². The molecular weight excluding hydrogens is 298 g/mol. The zero-order chi connectivity index (χ0) is 14.3. The lowest BCUT2D eigenvalue weighted by molar-refractivity contribution is 0.619. The number of pyridine rings is 1. The molecule has 0 fully saturated rings. The summed E-state index contributed by atoms with van der Waals surface area (Å²) in [5.74, 6) is 0. The molecule has 0 aromatic carbocycles. The van der Waals surface area contributed by atoms with E-state index in [4.69, 9.17) is 11.6 Å². The van der Waals surface area contributed by atoms with Gasteiger partial charge in [0.15, 0.2) is 0 Å². The number of thiophene rings is 1. The average molecular weight is 310 g/mol. The van der Waals surface area contributed by atoms with Gasteiger partial charge in [-0.05, 0) is 18.6 Å². The van der Waals surface area contributed by atoms with Gasteiger partial charge in [0.05, 0.1) is 10.2 Å². The number of unbranched alkanes of at least 4 members (excludes halogenated alkanes) is 1. The number of H-pyrrole nitrogens is 1. The molecule has 0 aliphatic heterocycles. The van der Waals surface area contributed by atoms with E-state index in [-0.39, 0.29) is 5.56 Å². The molecule has 3 heterocycles. The van der Waals surface area contributed by atoms with Crippen LogP contribution in [0.3, 0.4) is 0 Å². The molecule has 0 aliphatic rings. The highest BCUT2D eigenvalue weighted by atomic mass is 35.5. The van der Waals surface area contributed by atoms with Gasteiger partial charge in [-0.1, -0.05) is 24.9 Å². The maximum atomic E-state index is 12.0. The number of aromatic amines is 1. The van der Waals surface area contributed by atoms with E-state index in [1.807, 2.05) is 6.07 Å². The van der Waals surface area contributed by atoms with Crippen molar-refractivity contribution in [3.05, 3.63) is 38.1 Å². The summed E-state index contributed by atoms with van der Waals surface area (Å²) < 4.78 is 2.96. The molecule has 0 amide bonds. The van der Waals surface area contributed by atoms with E-state index in [0.717, 1.165) is 17.5 Å². The number of halogens is 1. The quantitative estimate of drug-likeness (QED) is 0.756. The van der Waals surface area contributed by atoms with Crippen LogP contribution in [0.2, 0.25) is 5.15 Å². The topological polar surface area (TPSA) is 67.8 Å². The molecule has 3 aromatic heterocycles. The molecule has 0 radical (unpaired) electrons. The number of hydrogen-bond acceptors (Lipinski definition) is 4. The second-order valence-electron chi connectivity index (χ2n) is 4.52. The Morgan fingerprint density at radius 2 is 2.20 bits per heavy atom. The van der Waals surface area contributed by atoms with Gasteiger partial charge in [0.1, 0.15) is 15.4 Å². The molecule has 5 nitrogen and oxygen atoms in total. The van der Waals surface area contributed by atoms with Gasteiger partial charge in [-0.25, -0.2) is 9.78 Å². The van der Waals surface area contributed by atoms with Crippen molar-refractivity contribution in [1.29, 1.82) is 0 Å². The highest BCUT2D eigenvalue weighted by Gasteiger charge is 2.15. The van der Waals surface area contributed by atoms with E-state index in [1.165, 1.54) is 11.3 Å². The first kappa shape index (κ1) is 13.3. The summed E-state index contributed by atoms with van der Waals surface area (Å²) in [7, 11) is 0. The Hall–Kier alpha value is -1.66. The van der Waals surface area contributed by atoms with E-state index in [2.05, 4.69) is 16.9 Å². The zero-order valence-electron chi connectivity index (χ0n) is 10.8. The number of rotatable bonds is 3. The first-order valence-corrected chi connectivity index (χ1v) is 7.53. The minimum atomic E-state index is -0.391. The maximum absolute atomic E-state index is 12.0. The molecule has 0 aliphatic carbocycles. The van der Waals surface area contributed by atoms with Crippen LogP contribution in [-0.4, -0.2) is 14.5 Å². The third-order valence-corrected chi connectivity index (χ3v) is 4.50. The number of nitrogens with zero attached hydrogens (tertiary/aromatic N) is 2. The van der Waals surface area contributed by atoms with Crippen LogP contribution in [0, 0.1) is 0 Å². The fourth-order valence-electron chi connectivity index (χ4n) is 2.20. The summed E-state index contributed by atoms with van der Waals surface area (Å²) in [6, 6.07) is 3.51. The summed E-state index contributed by atoms with van der Waals surface area (Å²) in [5, 5.41) is 0.354. The lowest BCUT2D eigenvalue weighted by Crippen LogP contribution is -2.29. The lowest BCUT2D eigenvalue weighted by atomic mass is 10.3. The number of aryl methyl sites for hydroxylation is 1. The van der Waals surface area contributed by atoms with Gasteiger partial charge >= 0.3 is 5.69 Å². The van der Waals surface area contributed by atoms with Gasteiger partial charge in [-0.3, -0.25) is 14.3 Å². The Bertz CT molecular complexity index is 909. The van der Waals surface area contributed by atoms with Crippen LogP contribution < -0.4 is 11.2 Å². The van der Waals surface area contributed by atoms with Gasteiger partial charge < -0.3 is 0 Å². The van der Waals surface area contributed by atoms with Gasteiger partial charge in [-0.2, -0.15) is 0 Å². The highest BCUT2D eigenvalue weighted by Crippen LogP contribution is 2.30. The van der Waals surface area contributed by atoms with Crippen LogP contribution in [0.25, 0.3) is 20.4 Å². The van der Waals surface area contributed by atoms with Crippen molar-refractivity contribution >= 4 is 43.4 Å². The largest absolute Gasteiger partial charge is 0.328 e. The van der Waals surface area contributed by atoms with Gasteiger partial charge in [0.2, 0.25) is 0 Å². The molecule has 0 spiro atoms. The van der Waals surface area contributed by atoms with E-state index in [0.29, 0.717) is 27.4 Å². The second kappa shape index (κ2) is 5.03. The molecule has 3 rings (SSSR count). The highest BCUT2D eigenvalue weighted by molar-refractivity contribution is 7.25. The van der Waals surface area contributed by atoms with Crippen LogP contribution in [0.4, 0.5) is 0 Å².